The number of β-amino-alcohol motifs (C(OH)–C–C–N with tert-alkyl or cyclic N) is 1. The standard InChI is InChI=1S/C12H16ClFN2O.ClH/c13-10-1-2-11(14)8(3-10)4-15-5-9-6-16-7-12(9)17;/h1-3,9,12,15-17H,4-7H2;1H. The molecular weight excluding hydrogens is 278 g/mol. The highest BCUT2D eigenvalue weighted by molar-refractivity contribution is 6.30. The molecule has 1 aromatic rings. The third-order valence-electron chi connectivity index (χ3n) is 3.03. The van der Waals surface area contributed by atoms with Crippen molar-refractivity contribution in [1.82, 2.24) is 10.6 Å². The first-order valence-electron chi connectivity index (χ1n) is 5.70. The van der Waals surface area contributed by atoms with E-state index < -0.39 is 0 Å². The average molecular weight is 295 g/mol. The first-order valence-corrected chi connectivity index (χ1v) is 6.08. The van der Waals surface area contributed by atoms with E-state index in [1.807, 2.05) is 0 Å². The lowest BCUT2D eigenvalue weighted by atomic mass is 10.1. The summed E-state index contributed by atoms with van der Waals surface area (Å²) in [5.41, 5.74) is 0.554. The van der Waals surface area contributed by atoms with Crippen LogP contribution in [-0.2, 0) is 6.54 Å². The summed E-state index contributed by atoms with van der Waals surface area (Å²) in [4.78, 5) is 0. The molecule has 1 aliphatic rings. The van der Waals surface area contributed by atoms with Crippen molar-refractivity contribution in [2.24, 2.45) is 5.92 Å². The van der Waals surface area contributed by atoms with E-state index in [2.05, 4.69) is 10.6 Å². The van der Waals surface area contributed by atoms with Gasteiger partial charge in [-0.1, -0.05) is 11.6 Å². The van der Waals surface area contributed by atoms with Crippen molar-refractivity contribution in [2.45, 2.75) is 12.6 Å². The summed E-state index contributed by atoms with van der Waals surface area (Å²) in [6.07, 6.45) is -0.313. The van der Waals surface area contributed by atoms with Crippen molar-refractivity contribution < 1.29 is 9.50 Å². The highest BCUT2D eigenvalue weighted by atomic mass is 35.5. The second kappa shape index (κ2) is 7.26. The Labute approximate surface area is 117 Å². The molecular formula is C12H17Cl2FN2O. The third kappa shape index (κ3) is 4.07. The average Bonchev–Trinajstić information content (AvgIpc) is 2.70. The van der Waals surface area contributed by atoms with Gasteiger partial charge in [-0.3, -0.25) is 0 Å². The predicted molar refractivity (Wildman–Crippen MR) is 72.7 cm³/mol. The fourth-order valence-corrected chi connectivity index (χ4v) is 2.19. The van der Waals surface area contributed by atoms with Crippen LogP contribution in [0.1, 0.15) is 5.56 Å². The molecule has 3 nitrogen and oxygen atoms in total. The fourth-order valence-electron chi connectivity index (χ4n) is 2.00. The highest BCUT2D eigenvalue weighted by Gasteiger charge is 2.24. The minimum atomic E-state index is -0.313. The van der Waals surface area contributed by atoms with Crippen molar-refractivity contribution in [3.63, 3.8) is 0 Å². The Morgan fingerprint density at radius 2 is 2.22 bits per heavy atom. The molecule has 2 rings (SSSR count). The van der Waals surface area contributed by atoms with Crippen LogP contribution in [0.2, 0.25) is 5.02 Å². The first-order chi connectivity index (χ1) is 8.16. The van der Waals surface area contributed by atoms with Crippen molar-refractivity contribution >= 4 is 24.0 Å². The zero-order valence-electron chi connectivity index (χ0n) is 9.83. The molecule has 18 heavy (non-hydrogen) atoms. The number of benzene rings is 1. The van der Waals surface area contributed by atoms with Gasteiger partial charge in [-0.15, -0.1) is 12.4 Å². The zero-order chi connectivity index (χ0) is 12.3. The summed E-state index contributed by atoms with van der Waals surface area (Å²) in [6, 6.07) is 4.52. The zero-order valence-corrected chi connectivity index (χ0v) is 11.4. The maximum absolute atomic E-state index is 13.4. The lowest BCUT2D eigenvalue weighted by Crippen LogP contribution is -2.30. The van der Waals surface area contributed by atoms with E-state index in [4.69, 9.17) is 11.6 Å². The molecule has 0 amide bonds. The Kier molecular flexibility index (Phi) is 6.32. The van der Waals surface area contributed by atoms with E-state index in [-0.39, 0.29) is 30.2 Å². The van der Waals surface area contributed by atoms with Gasteiger partial charge in [0.05, 0.1) is 6.10 Å². The van der Waals surface area contributed by atoms with E-state index in [0.717, 1.165) is 6.54 Å². The summed E-state index contributed by atoms with van der Waals surface area (Å²) < 4.78 is 13.4. The fraction of sp³-hybridized carbons (Fsp3) is 0.500. The second-order valence-corrected chi connectivity index (χ2v) is 4.79. The van der Waals surface area contributed by atoms with Crippen molar-refractivity contribution in [1.29, 1.82) is 0 Å². The molecule has 0 aromatic heterocycles. The van der Waals surface area contributed by atoms with Gasteiger partial charge in [0, 0.05) is 42.7 Å². The van der Waals surface area contributed by atoms with Gasteiger partial charge in [-0.2, -0.15) is 0 Å². The van der Waals surface area contributed by atoms with Gasteiger partial charge in [0.1, 0.15) is 5.82 Å². The molecule has 2 atom stereocenters. The largest absolute Gasteiger partial charge is 0.391 e. The van der Waals surface area contributed by atoms with Crippen LogP contribution < -0.4 is 10.6 Å². The highest BCUT2D eigenvalue weighted by Crippen LogP contribution is 2.15. The molecule has 1 aliphatic heterocycles. The second-order valence-electron chi connectivity index (χ2n) is 4.35. The number of aliphatic hydroxyl groups is 1. The quantitative estimate of drug-likeness (QED) is 0.790. The first kappa shape index (κ1) is 15.7. The Hall–Kier alpha value is -0.390. The number of hydrogen-bond acceptors (Lipinski definition) is 3. The van der Waals surface area contributed by atoms with Crippen LogP contribution in [0, 0.1) is 11.7 Å². The van der Waals surface area contributed by atoms with Gasteiger partial charge in [0.15, 0.2) is 0 Å². The third-order valence-corrected chi connectivity index (χ3v) is 3.27. The normalized spacial score (nSPS) is 22.8. The summed E-state index contributed by atoms with van der Waals surface area (Å²) in [6.45, 7) is 2.53. The summed E-state index contributed by atoms with van der Waals surface area (Å²) >= 11 is 5.80. The maximum Gasteiger partial charge on any atom is 0.127 e. The Morgan fingerprint density at radius 3 is 2.89 bits per heavy atom. The molecule has 0 radical (unpaired) electrons. The minimum absolute atomic E-state index is 0. The molecule has 2 unspecified atom stereocenters. The van der Waals surface area contributed by atoms with Crippen LogP contribution in [0.25, 0.3) is 0 Å². The SMILES string of the molecule is Cl.OC1CNCC1CNCc1cc(Cl)ccc1F. The molecule has 1 saturated heterocycles. The van der Waals surface area contributed by atoms with Crippen LogP contribution in [-0.4, -0.2) is 30.8 Å². The van der Waals surface area contributed by atoms with Gasteiger partial charge in [-0.25, -0.2) is 4.39 Å². The number of halogens is 3. The smallest absolute Gasteiger partial charge is 0.127 e. The number of nitrogens with one attached hydrogen (secondary N) is 2. The van der Waals surface area contributed by atoms with Gasteiger partial charge in [0.25, 0.3) is 0 Å². The van der Waals surface area contributed by atoms with Crippen LogP contribution in [0.4, 0.5) is 4.39 Å². The van der Waals surface area contributed by atoms with E-state index in [1.165, 1.54) is 12.1 Å². The van der Waals surface area contributed by atoms with Crippen LogP contribution in [0.3, 0.4) is 0 Å². The Balaban J connectivity index is 0.00000162. The van der Waals surface area contributed by atoms with Crippen molar-refractivity contribution in [3.8, 4) is 0 Å². The lowest BCUT2D eigenvalue weighted by molar-refractivity contribution is 0.146. The van der Waals surface area contributed by atoms with Crippen molar-refractivity contribution in [2.75, 3.05) is 19.6 Å². The summed E-state index contributed by atoms with van der Waals surface area (Å²) in [7, 11) is 0. The molecule has 0 aliphatic carbocycles. The Morgan fingerprint density at radius 1 is 1.44 bits per heavy atom. The molecule has 3 N–H and O–H groups in total. The van der Waals surface area contributed by atoms with Gasteiger partial charge >= 0.3 is 0 Å². The van der Waals surface area contributed by atoms with Crippen LogP contribution in [0.5, 0.6) is 0 Å². The number of rotatable bonds is 4. The number of aliphatic hydroxyl groups excluding tert-OH is 1. The predicted octanol–water partition coefficient (Wildman–Crippen LogP) is 1.57. The molecule has 102 valence electrons. The number of hydrogen-bond donors (Lipinski definition) is 3. The Bertz CT molecular complexity index is 392. The molecule has 6 heteroatoms. The molecule has 1 heterocycles. The molecule has 1 fully saturated rings. The van der Waals surface area contributed by atoms with Gasteiger partial charge in [0.2, 0.25) is 0 Å². The topological polar surface area (TPSA) is 44.3 Å². The maximum atomic E-state index is 13.4. The lowest BCUT2D eigenvalue weighted by Gasteiger charge is -2.14. The van der Waals surface area contributed by atoms with Crippen LogP contribution >= 0.6 is 24.0 Å². The van der Waals surface area contributed by atoms with E-state index in [0.29, 0.717) is 30.2 Å². The van der Waals surface area contributed by atoms with Crippen LogP contribution in [0.15, 0.2) is 18.2 Å². The molecule has 0 bridgehead atoms. The van der Waals surface area contributed by atoms with E-state index in [9.17, 15) is 9.50 Å². The molecule has 0 saturated carbocycles. The van der Waals surface area contributed by atoms with E-state index in [1.54, 1.807) is 6.07 Å². The molecule has 0 spiro atoms. The summed E-state index contributed by atoms with van der Waals surface area (Å²) in [5.74, 6) is -0.0655. The molecule has 1 aromatic carbocycles. The minimum Gasteiger partial charge on any atom is -0.391 e. The monoisotopic (exact) mass is 294 g/mol. The summed E-state index contributed by atoms with van der Waals surface area (Å²) in [5, 5.41) is 16.4. The van der Waals surface area contributed by atoms with Crippen molar-refractivity contribution in [3.05, 3.63) is 34.6 Å². The van der Waals surface area contributed by atoms with Gasteiger partial charge in [-0.05, 0) is 18.2 Å². The van der Waals surface area contributed by atoms with Gasteiger partial charge < -0.3 is 15.7 Å². The van der Waals surface area contributed by atoms with E-state index >= 15 is 0 Å².